The Morgan fingerprint density at radius 3 is 2.36 bits per heavy atom. The van der Waals surface area contributed by atoms with Crippen LogP contribution in [-0.2, 0) is 33.7 Å². The van der Waals surface area contributed by atoms with Gasteiger partial charge in [-0.25, -0.2) is 4.79 Å². The number of carbonyl (C=O) groups is 2. The number of carboxylic acid groups (broad SMARTS) is 1. The van der Waals surface area contributed by atoms with E-state index in [9.17, 15) is 23.5 Å². The molecule has 1 fully saturated rings. The molecule has 33 heavy (non-hydrogen) atoms. The fraction of sp³-hybridized carbons (Fsp3) is 0.417. The van der Waals surface area contributed by atoms with E-state index in [1.807, 2.05) is 35.2 Å². The van der Waals surface area contributed by atoms with Gasteiger partial charge in [-0.05, 0) is 66.2 Å². The second-order valence-corrected chi connectivity index (χ2v) is 9.14. The molecule has 0 saturated carbocycles. The highest BCUT2D eigenvalue weighted by Gasteiger charge is 2.25. The molecule has 0 spiro atoms. The van der Waals surface area contributed by atoms with Gasteiger partial charge in [0.25, 0.3) is 0 Å². The van der Waals surface area contributed by atoms with Gasteiger partial charge in [0, 0.05) is 12.8 Å². The zero-order valence-electron chi connectivity index (χ0n) is 18.4. The average Bonchev–Trinajstić information content (AvgIpc) is 2.80. The molecule has 3 rings (SSSR count). The van der Waals surface area contributed by atoms with E-state index in [-0.39, 0.29) is 30.5 Å². The first-order valence-electron chi connectivity index (χ1n) is 10.9. The largest absolute Gasteiger partial charge is 0.771 e. The minimum atomic E-state index is -2.11. The number of carboxylic acids is 1. The van der Waals surface area contributed by atoms with Gasteiger partial charge in [-0.15, -0.1) is 0 Å². The van der Waals surface area contributed by atoms with Crippen molar-refractivity contribution in [1.82, 2.24) is 10.2 Å². The SMILES string of the molecule is O=C(CC1CCN(CS(=O)[O-])CC1)N[C@@H](Cc1ccc(OCc2ccccc2)cc1)C(=O)O. The molecule has 1 saturated heterocycles. The van der Waals surface area contributed by atoms with E-state index < -0.39 is 23.1 Å². The zero-order valence-corrected chi connectivity index (χ0v) is 19.2. The summed E-state index contributed by atoms with van der Waals surface area (Å²) in [6.07, 6.45) is 1.84. The molecule has 8 nitrogen and oxygen atoms in total. The predicted octanol–water partition coefficient (Wildman–Crippen LogP) is 2.32. The third kappa shape index (κ3) is 8.60. The summed E-state index contributed by atoms with van der Waals surface area (Å²) < 4.78 is 27.4. The lowest BCUT2D eigenvalue weighted by molar-refractivity contribution is -0.142. The van der Waals surface area contributed by atoms with Crippen molar-refractivity contribution in [2.24, 2.45) is 5.92 Å². The van der Waals surface area contributed by atoms with E-state index in [4.69, 9.17) is 4.74 Å². The second-order valence-electron chi connectivity index (χ2n) is 8.28. The lowest BCUT2D eigenvalue weighted by Crippen LogP contribution is -2.44. The van der Waals surface area contributed by atoms with E-state index in [1.165, 1.54) is 0 Å². The Balaban J connectivity index is 1.45. The Labute approximate surface area is 196 Å². The van der Waals surface area contributed by atoms with E-state index in [0.29, 0.717) is 38.3 Å². The topological polar surface area (TPSA) is 119 Å². The number of nitrogens with one attached hydrogen (secondary N) is 1. The molecule has 1 aliphatic heterocycles. The molecule has 9 heteroatoms. The third-order valence-electron chi connectivity index (χ3n) is 5.71. The van der Waals surface area contributed by atoms with E-state index in [1.54, 1.807) is 24.3 Å². The molecule has 178 valence electrons. The fourth-order valence-corrected chi connectivity index (χ4v) is 4.44. The van der Waals surface area contributed by atoms with E-state index >= 15 is 0 Å². The maximum absolute atomic E-state index is 12.4. The fourth-order valence-electron chi connectivity index (χ4n) is 3.88. The highest BCUT2D eigenvalue weighted by Crippen LogP contribution is 2.21. The molecule has 0 aliphatic carbocycles. The Bertz CT molecular complexity index is 930. The van der Waals surface area contributed by atoms with Crippen molar-refractivity contribution in [2.75, 3.05) is 19.0 Å². The highest BCUT2D eigenvalue weighted by atomic mass is 32.2. The Morgan fingerprint density at radius 1 is 1.09 bits per heavy atom. The molecule has 0 aromatic heterocycles. The number of piperidine rings is 1. The Morgan fingerprint density at radius 2 is 1.76 bits per heavy atom. The predicted molar refractivity (Wildman–Crippen MR) is 123 cm³/mol. The van der Waals surface area contributed by atoms with Crippen molar-refractivity contribution < 1.29 is 28.2 Å². The van der Waals surface area contributed by atoms with Crippen molar-refractivity contribution in [1.29, 1.82) is 0 Å². The van der Waals surface area contributed by atoms with Gasteiger partial charge in [-0.1, -0.05) is 42.5 Å². The summed E-state index contributed by atoms with van der Waals surface area (Å²) in [6.45, 7) is 1.68. The quantitative estimate of drug-likeness (QED) is 0.481. The van der Waals surface area contributed by atoms with Crippen LogP contribution in [0.5, 0.6) is 5.75 Å². The molecule has 2 atom stereocenters. The number of aliphatic carboxylic acids is 1. The van der Waals surface area contributed by atoms with Crippen LogP contribution in [0, 0.1) is 5.92 Å². The van der Waals surface area contributed by atoms with Gasteiger partial charge in [-0.3, -0.25) is 13.9 Å². The third-order valence-corrected chi connectivity index (χ3v) is 6.29. The molecule has 1 aliphatic rings. The van der Waals surface area contributed by atoms with Crippen molar-refractivity contribution in [3.63, 3.8) is 0 Å². The van der Waals surface area contributed by atoms with Crippen LogP contribution in [-0.4, -0.2) is 55.7 Å². The summed E-state index contributed by atoms with van der Waals surface area (Å²) in [7, 11) is 0. The van der Waals surface area contributed by atoms with E-state index in [2.05, 4.69) is 5.32 Å². The van der Waals surface area contributed by atoms with Gasteiger partial charge >= 0.3 is 5.97 Å². The second kappa shape index (κ2) is 12.5. The van der Waals surface area contributed by atoms with Crippen LogP contribution in [0.25, 0.3) is 0 Å². The number of rotatable bonds is 11. The van der Waals surface area contributed by atoms with Crippen LogP contribution in [0.4, 0.5) is 0 Å². The normalized spacial score (nSPS) is 16.6. The van der Waals surface area contributed by atoms with Crippen LogP contribution in [0.2, 0.25) is 0 Å². The minimum absolute atomic E-state index is 0.0100. The van der Waals surface area contributed by atoms with Gasteiger partial charge < -0.3 is 19.7 Å². The summed E-state index contributed by atoms with van der Waals surface area (Å²) in [4.78, 5) is 26.0. The standard InChI is InChI=1S/C24H30N2O6S/c27-23(15-19-10-12-26(13-11-19)17-33(30)31)25-22(24(28)29)14-18-6-8-21(9-7-18)32-16-20-4-2-1-3-5-20/h1-9,19,22H,10-17H2,(H,25,27)(H,28,29)(H,30,31)/p-1/t22-/m0/s1. The Kier molecular flexibility index (Phi) is 9.41. The number of ether oxygens (including phenoxy) is 1. The van der Waals surface area contributed by atoms with Crippen LogP contribution in [0.3, 0.4) is 0 Å². The molecule has 2 aromatic rings. The monoisotopic (exact) mass is 473 g/mol. The van der Waals surface area contributed by atoms with Gasteiger partial charge in [0.2, 0.25) is 5.91 Å². The van der Waals surface area contributed by atoms with E-state index in [0.717, 1.165) is 11.1 Å². The molecule has 1 heterocycles. The van der Waals surface area contributed by atoms with Crippen LogP contribution >= 0.6 is 0 Å². The number of hydrogen-bond acceptors (Lipinski definition) is 6. The molecule has 2 N–H and O–H groups in total. The molecular formula is C24H29N2O6S-. The summed E-state index contributed by atoms with van der Waals surface area (Å²) in [5.41, 5.74) is 1.84. The zero-order chi connectivity index (χ0) is 23.6. The van der Waals surface area contributed by atoms with Crippen molar-refractivity contribution in [2.45, 2.75) is 38.3 Å². The molecule has 1 amide bonds. The maximum atomic E-state index is 12.4. The van der Waals surface area contributed by atoms with Gasteiger partial charge in [0.15, 0.2) is 0 Å². The lowest BCUT2D eigenvalue weighted by Gasteiger charge is -2.32. The summed E-state index contributed by atoms with van der Waals surface area (Å²) in [5.74, 6) is -0.560. The van der Waals surface area contributed by atoms with Crippen LogP contribution < -0.4 is 10.1 Å². The van der Waals surface area contributed by atoms with Crippen LogP contribution in [0.15, 0.2) is 54.6 Å². The number of benzene rings is 2. The summed E-state index contributed by atoms with van der Waals surface area (Å²) >= 11 is -2.11. The van der Waals surface area contributed by atoms with Gasteiger partial charge in [0.05, 0.1) is 5.88 Å². The smallest absolute Gasteiger partial charge is 0.326 e. The number of amides is 1. The van der Waals surface area contributed by atoms with Crippen LogP contribution in [0.1, 0.15) is 30.4 Å². The van der Waals surface area contributed by atoms with Crippen molar-refractivity contribution in [3.8, 4) is 5.75 Å². The first kappa shape index (κ1) is 24.9. The maximum Gasteiger partial charge on any atom is 0.326 e. The molecule has 0 bridgehead atoms. The minimum Gasteiger partial charge on any atom is -0.771 e. The first-order valence-corrected chi connectivity index (χ1v) is 12.2. The highest BCUT2D eigenvalue weighted by molar-refractivity contribution is 7.79. The summed E-state index contributed by atoms with van der Waals surface area (Å²) in [6, 6.07) is 16.0. The van der Waals surface area contributed by atoms with Gasteiger partial charge in [0.1, 0.15) is 18.4 Å². The number of carbonyl (C=O) groups excluding carboxylic acids is 1. The summed E-state index contributed by atoms with van der Waals surface area (Å²) in [5, 5.41) is 12.2. The Hall–Kier alpha value is -2.75. The lowest BCUT2D eigenvalue weighted by atomic mass is 9.93. The molecule has 2 aromatic carbocycles. The van der Waals surface area contributed by atoms with Gasteiger partial charge in [-0.2, -0.15) is 0 Å². The number of likely N-dealkylation sites (tertiary alicyclic amines) is 1. The average molecular weight is 474 g/mol. The van der Waals surface area contributed by atoms with Crippen molar-refractivity contribution in [3.05, 3.63) is 65.7 Å². The number of hydrogen-bond donors (Lipinski definition) is 2. The number of nitrogens with zero attached hydrogens (tertiary/aromatic N) is 1. The van der Waals surface area contributed by atoms with Crippen molar-refractivity contribution >= 4 is 23.0 Å². The first-order chi connectivity index (χ1) is 15.9. The molecule has 0 radical (unpaired) electrons. The molecular weight excluding hydrogens is 444 g/mol. The molecule has 1 unspecified atom stereocenters.